The second-order valence-electron chi connectivity index (χ2n) is 12.3. The third-order valence-corrected chi connectivity index (χ3v) is 10.5. The van der Waals surface area contributed by atoms with Crippen molar-refractivity contribution in [2.45, 2.75) is 95.6 Å². The normalized spacial score (nSPS) is 22.4. The summed E-state index contributed by atoms with van der Waals surface area (Å²) in [5.41, 5.74) is 0.648. The number of benzene rings is 1. The summed E-state index contributed by atoms with van der Waals surface area (Å²) in [5, 5.41) is 3.22. The van der Waals surface area contributed by atoms with E-state index in [1.165, 1.54) is 54.5 Å². The van der Waals surface area contributed by atoms with Gasteiger partial charge in [-0.1, -0.05) is 37.5 Å². The monoisotopic (exact) mass is 590 g/mol. The van der Waals surface area contributed by atoms with Gasteiger partial charge in [0.05, 0.1) is 5.88 Å². The summed E-state index contributed by atoms with van der Waals surface area (Å²) in [5.74, 6) is 1.53. The molecule has 1 saturated carbocycles. The summed E-state index contributed by atoms with van der Waals surface area (Å²) in [4.78, 5) is 42.7. The van der Waals surface area contributed by atoms with Crippen LogP contribution < -0.4 is 14.9 Å². The smallest absolute Gasteiger partial charge is 0.411 e. The lowest BCUT2D eigenvalue weighted by atomic mass is 9.79. The first kappa shape index (κ1) is 30.9. The molecule has 1 aliphatic carbocycles. The lowest BCUT2D eigenvalue weighted by Gasteiger charge is -2.40. The Balaban J connectivity index is 1.30. The highest BCUT2D eigenvalue weighted by Gasteiger charge is 2.39. The minimum atomic E-state index is -0.696. The summed E-state index contributed by atoms with van der Waals surface area (Å²) in [6.07, 6.45) is 8.00. The van der Waals surface area contributed by atoms with Gasteiger partial charge in [0.2, 0.25) is 5.91 Å². The van der Waals surface area contributed by atoms with E-state index in [-0.39, 0.29) is 11.8 Å². The van der Waals surface area contributed by atoms with Gasteiger partial charge >= 0.3 is 6.09 Å². The molecule has 8 nitrogen and oxygen atoms in total. The molecule has 4 rings (SSSR count). The molecule has 3 amide bonds. The molecule has 0 bridgehead atoms. The fourth-order valence-electron chi connectivity index (χ4n) is 5.92. The number of anilines is 1. The van der Waals surface area contributed by atoms with E-state index in [9.17, 15) is 14.4 Å². The van der Waals surface area contributed by atoms with Gasteiger partial charge < -0.3 is 15.0 Å². The van der Waals surface area contributed by atoms with Crippen molar-refractivity contribution < 1.29 is 19.1 Å². The lowest BCUT2D eigenvalue weighted by Crippen LogP contribution is -2.53. The molecule has 3 aliphatic rings. The SMILES string of the molecule is C[C@@H](NC(=O)[C@@H]1CSCN1C(=O)OC(C)(C)C)C(=O)NSC(C1CCCCC1)C1CCN(c2ccccc2)CC1. The minimum Gasteiger partial charge on any atom is -0.444 e. The fourth-order valence-corrected chi connectivity index (χ4v) is 8.42. The van der Waals surface area contributed by atoms with Crippen LogP contribution >= 0.6 is 23.7 Å². The Morgan fingerprint density at radius 2 is 1.65 bits per heavy atom. The van der Waals surface area contributed by atoms with Crippen molar-refractivity contribution in [3.63, 3.8) is 0 Å². The number of ether oxygens (including phenoxy) is 1. The van der Waals surface area contributed by atoms with E-state index in [0.29, 0.717) is 28.7 Å². The Morgan fingerprint density at radius 3 is 2.30 bits per heavy atom. The first-order chi connectivity index (χ1) is 19.1. The molecule has 1 unspecified atom stereocenters. The van der Waals surface area contributed by atoms with Crippen LogP contribution in [0.3, 0.4) is 0 Å². The summed E-state index contributed by atoms with van der Waals surface area (Å²) in [6.45, 7) is 9.20. The van der Waals surface area contributed by atoms with E-state index in [1.54, 1.807) is 39.6 Å². The third-order valence-electron chi connectivity index (χ3n) is 8.10. The molecule has 1 aromatic carbocycles. The Morgan fingerprint density at radius 1 is 1.00 bits per heavy atom. The topological polar surface area (TPSA) is 91.0 Å². The summed E-state index contributed by atoms with van der Waals surface area (Å²) < 4.78 is 8.59. The molecule has 2 saturated heterocycles. The minimum absolute atomic E-state index is 0.199. The van der Waals surface area contributed by atoms with Gasteiger partial charge in [-0.15, -0.1) is 11.8 Å². The number of nitrogens with one attached hydrogen (secondary N) is 2. The lowest BCUT2D eigenvalue weighted by molar-refractivity contribution is -0.130. The number of nitrogens with zero attached hydrogens (tertiary/aromatic N) is 2. The third kappa shape index (κ3) is 8.47. The zero-order chi connectivity index (χ0) is 28.7. The number of carbonyl (C=O) groups is 3. The van der Waals surface area contributed by atoms with Crippen molar-refractivity contribution in [3.8, 4) is 0 Å². The molecule has 10 heteroatoms. The highest BCUT2D eigenvalue weighted by molar-refractivity contribution is 7.99. The number of piperidine rings is 1. The zero-order valence-electron chi connectivity index (χ0n) is 24.4. The van der Waals surface area contributed by atoms with Crippen LogP contribution in [0.25, 0.3) is 0 Å². The van der Waals surface area contributed by atoms with Crippen LogP contribution in [0.1, 0.15) is 72.6 Å². The molecular formula is C30H46N4O4S2. The number of amides is 3. The highest BCUT2D eigenvalue weighted by atomic mass is 32.2. The first-order valence-corrected chi connectivity index (χ1v) is 16.8. The maximum absolute atomic E-state index is 13.1. The van der Waals surface area contributed by atoms with E-state index in [2.05, 4.69) is 45.3 Å². The van der Waals surface area contributed by atoms with Crippen molar-refractivity contribution in [3.05, 3.63) is 30.3 Å². The van der Waals surface area contributed by atoms with Gasteiger partial charge in [0.25, 0.3) is 5.91 Å². The van der Waals surface area contributed by atoms with Crippen LogP contribution in [0.4, 0.5) is 10.5 Å². The number of thioether (sulfide) groups is 1. The number of hydrogen-bond donors (Lipinski definition) is 2. The largest absolute Gasteiger partial charge is 0.444 e. The van der Waals surface area contributed by atoms with E-state index in [4.69, 9.17) is 4.74 Å². The van der Waals surface area contributed by atoms with Crippen molar-refractivity contribution >= 4 is 47.3 Å². The second kappa shape index (κ2) is 14.2. The van der Waals surface area contributed by atoms with Crippen molar-refractivity contribution in [2.24, 2.45) is 11.8 Å². The number of para-hydroxylation sites is 1. The van der Waals surface area contributed by atoms with Crippen LogP contribution in [-0.2, 0) is 14.3 Å². The molecule has 3 atom stereocenters. The predicted molar refractivity (Wildman–Crippen MR) is 164 cm³/mol. The summed E-state index contributed by atoms with van der Waals surface area (Å²) in [7, 11) is 0. The molecule has 222 valence electrons. The van der Waals surface area contributed by atoms with Gasteiger partial charge in [0.1, 0.15) is 17.7 Å². The summed E-state index contributed by atoms with van der Waals surface area (Å²) in [6, 6.07) is 9.27. The summed E-state index contributed by atoms with van der Waals surface area (Å²) >= 11 is 3.09. The Kier molecular flexibility index (Phi) is 11.0. The van der Waals surface area contributed by atoms with Gasteiger partial charge in [-0.25, -0.2) is 4.79 Å². The van der Waals surface area contributed by atoms with Gasteiger partial charge in [-0.2, -0.15) is 0 Å². The van der Waals surface area contributed by atoms with Crippen molar-refractivity contribution in [2.75, 3.05) is 29.6 Å². The molecule has 1 aromatic rings. The highest BCUT2D eigenvalue weighted by Crippen LogP contribution is 2.40. The van der Waals surface area contributed by atoms with Gasteiger partial charge in [0, 0.05) is 29.8 Å². The predicted octanol–water partition coefficient (Wildman–Crippen LogP) is 5.43. The average molecular weight is 591 g/mol. The van der Waals surface area contributed by atoms with Crippen LogP contribution in [0, 0.1) is 11.8 Å². The molecule has 2 N–H and O–H groups in total. The molecular weight excluding hydrogens is 544 g/mol. The van der Waals surface area contributed by atoms with E-state index in [1.807, 2.05) is 0 Å². The number of carbonyl (C=O) groups excluding carboxylic acids is 3. The van der Waals surface area contributed by atoms with Gasteiger partial charge in [-0.3, -0.25) is 19.2 Å². The quantitative estimate of drug-likeness (QED) is 0.390. The van der Waals surface area contributed by atoms with E-state index >= 15 is 0 Å². The first-order valence-electron chi connectivity index (χ1n) is 14.8. The van der Waals surface area contributed by atoms with Crippen molar-refractivity contribution in [1.29, 1.82) is 0 Å². The number of rotatable bonds is 8. The Hall–Kier alpha value is -2.07. The molecule has 40 heavy (non-hydrogen) atoms. The van der Waals surface area contributed by atoms with Crippen LogP contribution in [-0.4, -0.2) is 70.5 Å². The van der Waals surface area contributed by atoms with Gasteiger partial charge in [0.15, 0.2) is 0 Å². The molecule has 0 radical (unpaired) electrons. The van der Waals surface area contributed by atoms with Crippen LogP contribution in [0.2, 0.25) is 0 Å². The second-order valence-corrected chi connectivity index (χ2v) is 14.3. The molecule has 0 aromatic heterocycles. The maximum atomic E-state index is 13.1. The zero-order valence-corrected chi connectivity index (χ0v) is 26.0. The fraction of sp³-hybridized carbons (Fsp3) is 0.700. The van der Waals surface area contributed by atoms with E-state index < -0.39 is 23.8 Å². The maximum Gasteiger partial charge on any atom is 0.411 e. The average Bonchev–Trinajstić information content (AvgIpc) is 3.44. The molecule has 2 aliphatic heterocycles. The number of hydrogen-bond acceptors (Lipinski definition) is 7. The van der Waals surface area contributed by atoms with Gasteiger partial charge in [-0.05, 0) is 89.3 Å². The van der Waals surface area contributed by atoms with E-state index in [0.717, 1.165) is 25.9 Å². The van der Waals surface area contributed by atoms with Crippen LogP contribution in [0.5, 0.6) is 0 Å². The Labute approximate surface area is 248 Å². The molecule has 0 spiro atoms. The molecule has 2 heterocycles. The van der Waals surface area contributed by atoms with Crippen molar-refractivity contribution in [1.82, 2.24) is 14.9 Å². The Bertz CT molecular complexity index is 991. The standard InChI is InChI=1S/C30H46N4O4S2/c1-21(31-28(36)25-19-39-20-34(25)29(37)38-30(2,3)4)27(35)32-40-26(22-11-7-5-8-12-22)23-15-17-33(18-16-23)24-13-9-6-10-14-24/h6,9-10,13-14,21-23,25-26H,5,7-8,11-12,15-20H2,1-4H3,(H,31,36)(H,32,35)/t21-,25+,26?/m1/s1. The van der Waals surface area contributed by atoms with Crippen LogP contribution in [0.15, 0.2) is 30.3 Å². The molecule has 3 fully saturated rings.